The second kappa shape index (κ2) is 6.11. The van der Waals surface area contributed by atoms with Crippen molar-refractivity contribution in [2.45, 2.75) is 31.8 Å². The maximum absolute atomic E-state index is 10.9. The number of hydrogen-bond acceptors (Lipinski definition) is 5. The summed E-state index contributed by atoms with van der Waals surface area (Å²) in [5.41, 5.74) is 0.769. The van der Waals surface area contributed by atoms with Gasteiger partial charge >= 0.3 is 5.69 Å². The van der Waals surface area contributed by atoms with Crippen LogP contribution in [0.15, 0.2) is 6.20 Å². The summed E-state index contributed by atoms with van der Waals surface area (Å²) in [5.74, 6) is 0. The minimum absolute atomic E-state index is 0. The highest BCUT2D eigenvalue weighted by atomic mass is 32.1. The molecule has 0 bridgehead atoms. The van der Waals surface area contributed by atoms with Crippen LogP contribution in [-0.4, -0.2) is 51.9 Å². The van der Waals surface area contributed by atoms with Crippen molar-refractivity contribution in [3.05, 3.63) is 22.0 Å². The van der Waals surface area contributed by atoms with Gasteiger partial charge in [0.2, 0.25) is 0 Å². The first-order valence-electron chi connectivity index (χ1n) is 6.67. The molecule has 20 heavy (non-hydrogen) atoms. The number of nitrogens with zero attached hydrogens (tertiary/aromatic N) is 4. The van der Waals surface area contributed by atoms with E-state index in [4.69, 9.17) is 4.74 Å². The van der Waals surface area contributed by atoms with Gasteiger partial charge < -0.3 is 4.74 Å². The smallest absolute Gasteiger partial charge is 0.309 e. The fraction of sp³-hybridized carbons (Fsp3) is 0.750. The number of nitro groups is 1. The largest absolute Gasteiger partial charge is 0.378 e. The van der Waals surface area contributed by atoms with Crippen molar-refractivity contribution in [2.75, 3.05) is 26.3 Å². The molecule has 0 saturated carbocycles. The molecule has 2 fully saturated rings. The molecule has 1 aromatic heterocycles. The molecule has 1 aromatic rings. The molecule has 7 nitrogen and oxygen atoms in total. The molecule has 2 saturated heterocycles. The molecule has 0 spiro atoms. The molecular formula is C12H20N4O3S. The lowest BCUT2D eigenvalue weighted by atomic mass is 10.0. The third kappa shape index (κ3) is 2.68. The van der Waals surface area contributed by atoms with E-state index in [1.54, 1.807) is 6.92 Å². The third-order valence-electron chi connectivity index (χ3n) is 4.13. The van der Waals surface area contributed by atoms with Crippen LogP contribution < -0.4 is 0 Å². The Morgan fingerprint density at radius 3 is 2.75 bits per heavy atom. The van der Waals surface area contributed by atoms with E-state index in [0.717, 1.165) is 39.1 Å². The zero-order valence-electron chi connectivity index (χ0n) is 11.5. The summed E-state index contributed by atoms with van der Waals surface area (Å²) >= 11 is 0. The maximum atomic E-state index is 10.9. The maximum Gasteiger partial charge on any atom is 0.309 e. The summed E-state index contributed by atoms with van der Waals surface area (Å²) in [6.45, 7) is 5.40. The van der Waals surface area contributed by atoms with Gasteiger partial charge in [-0.25, -0.2) is 0 Å². The van der Waals surface area contributed by atoms with E-state index < -0.39 is 0 Å². The highest BCUT2D eigenvalue weighted by Gasteiger charge is 2.32. The molecule has 0 amide bonds. The fourth-order valence-corrected chi connectivity index (χ4v) is 2.91. The van der Waals surface area contributed by atoms with E-state index in [9.17, 15) is 10.1 Å². The first kappa shape index (κ1) is 15.3. The van der Waals surface area contributed by atoms with Crippen molar-refractivity contribution in [1.82, 2.24) is 14.7 Å². The van der Waals surface area contributed by atoms with Gasteiger partial charge in [-0.1, -0.05) is 0 Å². The normalized spacial score (nSPS) is 23.9. The summed E-state index contributed by atoms with van der Waals surface area (Å²) in [5, 5.41) is 15.1. The van der Waals surface area contributed by atoms with Crippen molar-refractivity contribution < 1.29 is 9.66 Å². The van der Waals surface area contributed by atoms with Crippen molar-refractivity contribution in [3.8, 4) is 0 Å². The van der Waals surface area contributed by atoms with Crippen LogP contribution in [0.3, 0.4) is 0 Å². The lowest BCUT2D eigenvalue weighted by molar-refractivity contribution is -0.385. The van der Waals surface area contributed by atoms with Gasteiger partial charge in [0.1, 0.15) is 11.9 Å². The summed E-state index contributed by atoms with van der Waals surface area (Å²) < 4.78 is 7.06. The molecular weight excluding hydrogens is 280 g/mol. The molecule has 112 valence electrons. The van der Waals surface area contributed by atoms with Crippen LogP contribution in [0.1, 0.15) is 24.6 Å². The Morgan fingerprint density at radius 2 is 2.20 bits per heavy atom. The average Bonchev–Trinajstić information content (AvgIpc) is 2.69. The van der Waals surface area contributed by atoms with Gasteiger partial charge in [-0.15, -0.1) is 0 Å². The van der Waals surface area contributed by atoms with Crippen LogP contribution >= 0.6 is 13.5 Å². The van der Waals surface area contributed by atoms with Gasteiger partial charge in [-0.2, -0.15) is 18.6 Å². The molecule has 3 rings (SSSR count). The Bertz CT molecular complexity index is 489. The highest BCUT2D eigenvalue weighted by Crippen LogP contribution is 2.28. The lowest BCUT2D eigenvalue weighted by Crippen LogP contribution is -2.52. The van der Waals surface area contributed by atoms with E-state index in [1.165, 1.54) is 6.20 Å². The first-order valence-corrected chi connectivity index (χ1v) is 6.67. The SMILES string of the molecule is Cc1c([N+](=O)[O-])cnn1[C@H]1CCCN(C2COC2)C1.S. The second-order valence-corrected chi connectivity index (χ2v) is 5.30. The monoisotopic (exact) mass is 300 g/mol. The van der Waals surface area contributed by atoms with Crippen LogP contribution in [0.25, 0.3) is 0 Å². The van der Waals surface area contributed by atoms with E-state index in [0.29, 0.717) is 11.7 Å². The van der Waals surface area contributed by atoms with Gasteiger partial charge in [0.15, 0.2) is 0 Å². The highest BCUT2D eigenvalue weighted by molar-refractivity contribution is 7.59. The summed E-state index contributed by atoms with van der Waals surface area (Å²) in [7, 11) is 0. The Labute approximate surface area is 124 Å². The van der Waals surface area contributed by atoms with Crippen LogP contribution in [0.5, 0.6) is 0 Å². The first-order chi connectivity index (χ1) is 9.16. The topological polar surface area (TPSA) is 73.4 Å². The van der Waals surface area contributed by atoms with Crippen LogP contribution in [0, 0.1) is 17.0 Å². The predicted octanol–water partition coefficient (Wildman–Crippen LogP) is 1.25. The Morgan fingerprint density at radius 1 is 1.45 bits per heavy atom. The predicted molar refractivity (Wildman–Crippen MR) is 78.5 cm³/mol. The van der Waals surface area contributed by atoms with Crippen molar-refractivity contribution in [2.24, 2.45) is 0 Å². The standard InChI is InChI=1S/C12H18N4O3.H2S/c1-9-12(16(17)18)5-13-15(9)10-3-2-4-14(6-10)11-7-19-8-11;/h5,10-11H,2-4,6-8H2,1H3;1H2/t10-;/m0./s1. The molecule has 8 heteroatoms. The summed E-state index contributed by atoms with van der Waals surface area (Å²) in [4.78, 5) is 12.9. The zero-order chi connectivity index (χ0) is 13.4. The van der Waals surface area contributed by atoms with E-state index in [1.807, 2.05) is 4.68 Å². The number of piperidine rings is 1. The van der Waals surface area contributed by atoms with Crippen molar-refractivity contribution in [1.29, 1.82) is 0 Å². The molecule has 0 unspecified atom stereocenters. The van der Waals surface area contributed by atoms with Gasteiger partial charge in [0.25, 0.3) is 0 Å². The van der Waals surface area contributed by atoms with E-state index in [-0.39, 0.29) is 30.1 Å². The van der Waals surface area contributed by atoms with Crippen LogP contribution in [0.2, 0.25) is 0 Å². The van der Waals surface area contributed by atoms with E-state index >= 15 is 0 Å². The number of hydrogen-bond donors (Lipinski definition) is 0. The van der Waals surface area contributed by atoms with Crippen LogP contribution in [-0.2, 0) is 4.74 Å². The Kier molecular flexibility index (Phi) is 4.66. The fourth-order valence-electron chi connectivity index (χ4n) is 2.91. The number of aromatic nitrogens is 2. The van der Waals surface area contributed by atoms with Gasteiger partial charge in [-0.3, -0.25) is 19.7 Å². The quantitative estimate of drug-likeness (QED) is 0.620. The lowest BCUT2D eigenvalue weighted by Gasteiger charge is -2.42. The molecule has 0 radical (unpaired) electrons. The van der Waals surface area contributed by atoms with Crippen molar-refractivity contribution >= 4 is 19.2 Å². The summed E-state index contributed by atoms with van der Waals surface area (Å²) in [6.07, 6.45) is 3.50. The third-order valence-corrected chi connectivity index (χ3v) is 4.13. The summed E-state index contributed by atoms with van der Waals surface area (Å²) in [6, 6.07) is 0.761. The minimum atomic E-state index is -0.362. The zero-order valence-corrected chi connectivity index (χ0v) is 12.5. The number of rotatable bonds is 3. The van der Waals surface area contributed by atoms with Gasteiger partial charge in [-0.05, 0) is 26.3 Å². The number of ether oxygens (including phenoxy) is 1. The molecule has 2 aliphatic heterocycles. The van der Waals surface area contributed by atoms with Gasteiger partial charge in [0.05, 0.1) is 30.2 Å². The average molecular weight is 300 g/mol. The Balaban J connectivity index is 0.00000147. The molecule has 1 atom stereocenters. The molecule has 3 heterocycles. The molecule has 0 aromatic carbocycles. The molecule has 2 aliphatic rings. The van der Waals surface area contributed by atoms with Crippen molar-refractivity contribution in [3.63, 3.8) is 0 Å². The second-order valence-electron chi connectivity index (χ2n) is 5.30. The number of likely N-dealkylation sites (tertiary alicyclic amines) is 1. The minimum Gasteiger partial charge on any atom is -0.378 e. The molecule has 0 N–H and O–H groups in total. The molecule has 0 aliphatic carbocycles. The van der Waals surface area contributed by atoms with Crippen LogP contribution in [0.4, 0.5) is 5.69 Å². The Hall–Kier alpha value is -1.12. The van der Waals surface area contributed by atoms with Gasteiger partial charge in [0, 0.05) is 6.54 Å². The van der Waals surface area contributed by atoms with E-state index in [2.05, 4.69) is 10.00 Å².